The first-order valence-corrected chi connectivity index (χ1v) is 2.83. The Morgan fingerprint density at radius 2 is 2.56 bits per heavy atom. The molecule has 1 rings (SSSR count). The van der Waals surface area contributed by atoms with Crippen LogP contribution in [-0.2, 0) is 9.53 Å². The third kappa shape index (κ3) is 1.10. The number of hydrogen-bond donors (Lipinski definition) is 1. The molecular weight excluding hydrogens is 118 g/mol. The number of carbonyl (C=O) groups excluding carboxylic acids is 1. The molecule has 1 aliphatic heterocycles. The molecule has 0 saturated carbocycles. The smallest absolute Gasteiger partial charge is 0.328 e. The van der Waals surface area contributed by atoms with E-state index in [1.807, 2.05) is 0 Å². The highest BCUT2D eigenvalue weighted by Gasteiger charge is 2.27. The highest BCUT2D eigenvalue weighted by Crippen LogP contribution is 2.03. The quantitative estimate of drug-likeness (QED) is 0.399. The van der Waals surface area contributed by atoms with Gasteiger partial charge in [0.2, 0.25) is 0 Å². The van der Waals surface area contributed by atoms with Crippen LogP contribution in [0.15, 0.2) is 12.7 Å². The van der Waals surface area contributed by atoms with Gasteiger partial charge in [-0.15, -0.1) is 6.58 Å². The van der Waals surface area contributed by atoms with Crippen LogP contribution in [0, 0.1) is 0 Å². The van der Waals surface area contributed by atoms with Gasteiger partial charge in [-0.1, -0.05) is 6.08 Å². The summed E-state index contributed by atoms with van der Waals surface area (Å²) in [5, 5.41) is 2.86. The first-order chi connectivity index (χ1) is 4.24. The van der Waals surface area contributed by atoms with Crippen molar-refractivity contribution in [2.75, 3.05) is 0 Å². The van der Waals surface area contributed by atoms with E-state index in [4.69, 9.17) is 4.74 Å². The van der Waals surface area contributed by atoms with Gasteiger partial charge >= 0.3 is 5.97 Å². The number of esters is 1. The highest BCUT2D eigenvalue weighted by atomic mass is 16.6. The molecule has 3 heteroatoms. The second-order valence-corrected chi connectivity index (χ2v) is 1.96. The molecule has 2 atom stereocenters. The number of rotatable bonds is 1. The van der Waals surface area contributed by atoms with Gasteiger partial charge < -0.3 is 4.74 Å². The monoisotopic (exact) mass is 127 g/mol. The third-order valence-electron chi connectivity index (χ3n) is 1.20. The van der Waals surface area contributed by atoms with Crippen molar-refractivity contribution >= 4 is 5.97 Å². The standard InChI is InChI=1S/C6H9NO2/c1-3-5-6(8)9-4(2)7-5/h3-5,7H,1H2,2H3/t4?,5-/m0/s1. The van der Waals surface area contributed by atoms with Crippen molar-refractivity contribution in [3.63, 3.8) is 0 Å². The van der Waals surface area contributed by atoms with Gasteiger partial charge in [-0.05, 0) is 6.92 Å². The zero-order chi connectivity index (χ0) is 6.85. The normalized spacial score (nSPS) is 34.1. The van der Waals surface area contributed by atoms with Crippen LogP contribution in [0.4, 0.5) is 0 Å². The lowest BCUT2D eigenvalue weighted by Gasteiger charge is -1.97. The average Bonchev–Trinajstić information content (AvgIpc) is 2.10. The topological polar surface area (TPSA) is 38.3 Å². The Morgan fingerprint density at radius 1 is 1.89 bits per heavy atom. The lowest BCUT2D eigenvalue weighted by atomic mass is 10.3. The minimum Gasteiger partial charge on any atom is -0.445 e. The molecule has 1 heterocycles. The van der Waals surface area contributed by atoms with Gasteiger partial charge in [0.25, 0.3) is 0 Å². The van der Waals surface area contributed by atoms with E-state index in [1.54, 1.807) is 6.92 Å². The molecule has 0 radical (unpaired) electrons. The number of nitrogens with one attached hydrogen (secondary N) is 1. The van der Waals surface area contributed by atoms with Gasteiger partial charge in [0, 0.05) is 0 Å². The van der Waals surface area contributed by atoms with E-state index in [0.29, 0.717) is 0 Å². The Balaban J connectivity index is 2.57. The van der Waals surface area contributed by atoms with E-state index in [0.717, 1.165) is 0 Å². The van der Waals surface area contributed by atoms with Gasteiger partial charge in [-0.3, -0.25) is 5.32 Å². The Bertz CT molecular complexity index is 144. The summed E-state index contributed by atoms with van der Waals surface area (Å²) in [5.41, 5.74) is 0. The van der Waals surface area contributed by atoms with Crippen molar-refractivity contribution < 1.29 is 9.53 Å². The predicted octanol–water partition coefficient (Wildman–Crippen LogP) is 0.0334. The van der Waals surface area contributed by atoms with E-state index in [1.165, 1.54) is 6.08 Å². The zero-order valence-electron chi connectivity index (χ0n) is 5.26. The largest absolute Gasteiger partial charge is 0.445 e. The van der Waals surface area contributed by atoms with Crippen LogP contribution in [0.2, 0.25) is 0 Å². The molecule has 0 bridgehead atoms. The lowest BCUT2D eigenvalue weighted by molar-refractivity contribution is -0.141. The number of cyclic esters (lactones) is 1. The summed E-state index contributed by atoms with van der Waals surface area (Å²) < 4.78 is 4.74. The van der Waals surface area contributed by atoms with Crippen molar-refractivity contribution in [3.8, 4) is 0 Å². The van der Waals surface area contributed by atoms with Gasteiger partial charge in [-0.2, -0.15) is 0 Å². The van der Waals surface area contributed by atoms with E-state index in [-0.39, 0.29) is 18.2 Å². The van der Waals surface area contributed by atoms with E-state index in [9.17, 15) is 4.79 Å². The van der Waals surface area contributed by atoms with Crippen LogP contribution in [0.1, 0.15) is 6.92 Å². The van der Waals surface area contributed by atoms with Crippen molar-refractivity contribution in [2.24, 2.45) is 0 Å². The van der Waals surface area contributed by atoms with E-state index < -0.39 is 0 Å². The van der Waals surface area contributed by atoms with Crippen molar-refractivity contribution in [3.05, 3.63) is 12.7 Å². The maximum absolute atomic E-state index is 10.7. The van der Waals surface area contributed by atoms with Crippen LogP contribution < -0.4 is 5.32 Å². The minimum atomic E-state index is -0.306. The van der Waals surface area contributed by atoms with Gasteiger partial charge in [-0.25, -0.2) is 4.79 Å². The molecule has 1 saturated heterocycles. The first-order valence-electron chi connectivity index (χ1n) is 2.83. The molecule has 1 fully saturated rings. The van der Waals surface area contributed by atoms with Crippen LogP contribution in [0.5, 0.6) is 0 Å². The summed E-state index contributed by atoms with van der Waals surface area (Å²) in [6.45, 7) is 5.24. The summed E-state index contributed by atoms with van der Waals surface area (Å²) in [7, 11) is 0. The molecule has 1 unspecified atom stereocenters. The molecule has 50 valence electrons. The van der Waals surface area contributed by atoms with E-state index in [2.05, 4.69) is 11.9 Å². The first kappa shape index (κ1) is 6.29. The molecule has 1 aliphatic rings. The lowest BCUT2D eigenvalue weighted by Crippen LogP contribution is -2.27. The molecule has 0 aliphatic carbocycles. The Kier molecular flexibility index (Phi) is 1.53. The number of ether oxygens (including phenoxy) is 1. The number of carbonyl (C=O) groups is 1. The fraction of sp³-hybridized carbons (Fsp3) is 0.500. The summed E-state index contributed by atoms with van der Waals surface area (Å²) >= 11 is 0. The van der Waals surface area contributed by atoms with Crippen molar-refractivity contribution in [1.29, 1.82) is 0 Å². The van der Waals surface area contributed by atoms with Crippen molar-refractivity contribution in [1.82, 2.24) is 5.32 Å². The summed E-state index contributed by atoms with van der Waals surface area (Å²) in [6, 6.07) is -0.306. The molecule has 0 aromatic heterocycles. The Labute approximate surface area is 53.7 Å². The zero-order valence-corrected chi connectivity index (χ0v) is 5.26. The third-order valence-corrected chi connectivity index (χ3v) is 1.20. The summed E-state index contributed by atoms with van der Waals surface area (Å²) in [5.74, 6) is -0.238. The average molecular weight is 127 g/mol. The Morgan fingerprint density at radius 3 is 2.78 bits per heavy atom. The minimum absolute atomic E-state index is 0.166. The fourth-order valence-electron chi connectivity index (χ4n) is 0.767. The highest BCUT2D eigenvalue weighted by molar-refractivity contribution is 5.79. The maximum Gasteiger partial charge on any atom is 0.328 e. The molecule has 9 heavy (non-hydrogen) atoms. The summed E-state index contributed by atoms with van der Waals surface area (Å²) in [4.78, 5) is 10.7. The predicted molar refractivity (Wildman–Crippen MR) is 32.7 cm³/mol. The SMILES string of the molecule is C=C[C@@H]1NC(C)OC1=O. The van der Waals surface area contributed by atoms with E-state index >= 15 is 0 Å². The van der Waals surface area contributed by atoms with Gasteiger partial charge in [0.05, 0.1) is 0 Å². The second kappa shape index (κ2) is 2.19. The molecule has 1 N–H and O–H groups in total. The maximum atomic E-state index is 10.7. The van der Waals surface area contributed by atoms with Crippen LogP contribution in [-0.4, -0.2) is 18.2 Å². The molecule has 3 nitrogen and oxygen atoms in total. The van der Waals surface area contributed by atoms with Crippen LogP contribution >= 0.6 is 0 Å². The molecule has 0 spiro atoms. The fourth-order valence-corrected chi connectivity index (χ4v) is 0.767. The van der Waals surface area contributed by atoms with Gasteiger partial charge in [0.15, 0.2) is 6.23 Å². The van der Waals surface area contributed by atoms with Gasteiger partial charge in [0.1, 0.15) is 6.04 Å². The molecular formula is C6H9NO2. The summed E-state index contributed by atoms with van der Waals surface area (Å²) in [6.07, 6.45) is 1.37. The number of hydrogen-bond acceptors (Lipinski definition) is 3. The van der Waals surface area contributed by atoms with Crippen molar-refractivity contribution in [2.45, 2.75) is 19.2 Å². The molecule has 0 aromatic carbocycles. The second-order valence-electron chi connectivity index (χ2n) is 1.96. The van der Waals surface area contributed by atoms with Crippen LogP contribution in [0.3, 0.4) is 0 Å². The Hall–Kier alpha value is -0.830. The molecule has 0 aromatic rings. The van der Waals surface area contributed by atoms with Crippen LogP contribution in [0.25, 0.3) is 0 Å². The molecule has 0 amide bonds.